The fraction of sp³-hybridized carbons (Fsp3) is 0.476. The van der Waals surface area contributed by atoms with Crippen LogP contribution in [0.1, 0.15) is 72.4 Å². The molecule has 1 heterocycles. The molecule has 0 bridgehead atoms. The third-order valence-corrected chi connectivity index (χ3v) is 9.76. The number of anilines is 1. The molecule has 14 heteroatoms. The lowest BCUT2D eigenvalue weighted by atomic mass is 9.76. The molecule has 3 rings (SSSR count). The summed E-state index contributed by atoms with van der Waals surface area (Å²) in [5.74, 6) is -2.51. The maximum Gasteiger partial charge on any atom is 0.328 e. The molecule has 3 unspecified atom stereocenters. The zero-order valence-electron chi connectivity index (χ0n) is 34.3. The van der Waals surface area contributed by atoms with Crippen LogP contribution in [0.4, 0.5) is 5.69 Å². The van der Waals surface area contributed by atoms with Crippen LogP contribution in [0.3, 0.4) is 0 Å². The first-order chi connectivity index (χ1) is 26.3. The Balaban J connectivity index is 1.65. The van der Waals surface area contributed by atoms with Crippen LogP contribution in [0.5, 0.6) is 0 Å². The quantitative estimate of drug-likeness (QED) is 0.0793. The summed E-state index contributed by atoms with van der Waals surface area (Å²) in [6, 6.07) is 12.1. The standard InChI is InChI=1S/C42H58N6O8/c1-11-55-40(54)32(20-21-34(50)56-25-28-16-18-29(19-17-28)44-26-49)45-37(51)27(2)22-23-47(9)39(53)36(41(3,4)5)46-38(52)35(43-8)42(6,7)31-24-48(10)33-15-13-12-14-30(31)33/h12-19,22,24,26,32,35-36,43H,11,20-21,23,25H2,1-10H3,(H,44,49)(H,45,51)(H,46,52)/b27-22+. The molecule has 3 aromatic rings. The first kappa shape index (κ1) is 44.9. The highest BCUT2D eigenvalue weighted by atomic mass is 16.5. The van der Waals surface area contributed by atoms with Gasteiger partial charge in [-0.15, -0.1) is 0 Å². The Hall–Kier alpha value is -5.50. The van der Waals surface area contributed by atoms with Gasteiger partial charge < -0.3 is 40.2 Å². The number of likely N-dealkylation sites (N-methyl/N-ethyl adjacent to an activating group) is 2. The number of benzene rings is 2. The molecule has 0 fully saturated rings. The van der Waals surface area contributed by atoms with Gasteiger partial charge >= 0.3 is 11.9 Å². The van der Waals surface area contributed by atoms with Crippen molar-refractivity contribution in [3.8, 4) is 0 Å². The number of carbonyl (C=O) groups excluding carboxylic acids is 6. The summed E-state index contributed by atoms with van der Waals surface area (Å²) in [6.07, 6.45) is 3.93. The molecule has 4 amide bonds. The molecule has 4 N–H and O–H groups in total. The number of para-hydroxylation sites is 1. The molecule has 0 radical (unpaired) electrons. The average molecular weight is 775 g/mol. The lowest BCUT2D eigenvalue weighted by Crippen LogP contribution is -2.60. The Morgan fingerprint density at radius 3 is 2.20 bits per heavy atom. The number of fused-ring (bicyclic) bond motifs is 1. The van der Waals surface area contributed by atoms with Gasteiger partial charge in [-0.1, -0.05) is 71.0 Å². The van der Waals surface area contributed by atoms with Gasteiger partial charge in [0.1, 0.15) is 18.7 Å². The number of hydrogen-bond acceptors (Lipinski definition) is 9. The Labute approximate surface area is 329 Å². The van der Waals surface area contributed by atoms with E-state index < -0.39 is 46.8 Å². The van der Waals surface area contributed by atoms with E-state index >= 15 is 0 Å². The molecule has 0 saturated carbocycles. The second kappa shape index (κ2) is 19.9. The summed E-state index contributed by atoms with van der Waals surface area (Å²) in [7, 11) is 5.29. The first-order valence-corrected chi connectivity index (χ1v) is 18.7. The zero-order chi connectivity index (χ0) is 41.8. The lowest BCUT2D eigenvalue weighted by molar-refractivity contribution is -0.149. The van der Waals surface area contributed by atoms with Crippen LogP contribution in [-0.4, -0.2) is 90.9 Å². The highest BCUT2D eigenvalue weighted by Gasteiger charge is 2.41. The van der Waals surface area contributed by atoms with Crippen LogP contribution in [0.15, 0.2) is 66.4 Å². The molecule has 304 valence electrons. The van der Waals surface area contributed by atoms with E-state index in [1.54, 1.807) is 58.3 Å². The van der Waals surface area contributed by atoms with E-state index in [9.17, 15) is 28.8 Å². The van der Waals surface area contributed by atoms with Crippen molar-refractivity contribution in [1.82, 2.24) is 25.4 Å². The molecular weight excluding hydrogens is 716 g/mol. The van der Waals surface area contributed by atoms with Gasteiger partial charge in [-0.3, -0.25) is 24.0 Å². The van der Waals surface area contributed by atoms with Gasteiger partial charge in [-0.05, 0) is 62.1 Å². The van der Waals surface area contributed by atoms with Gasteiger partial charge in [0.15, 0.2) is 0 Å². The molecular formula is C42H58N6O8. The second-order valence-corrected chi connectivity index (χ2v) is 15.5. The van der Waals surface area contributed by atoms with E-state index in [-0.39, 0.29) is 50.0 Å². The van der Waals surface area contributed by atoms with E-state index in [0.29, 0.717) is 17.7 Å². The summed E-state index contributed by atoms with van der Waals surface area (Å²) in [6.45, 7) is 12.9. The molecule has 0 saturated heterocycles. The highest BCUT2D eigenvalue weighted by Crippen LogP contribution is 2.35. The van der Waals surface area contributed by atoms with E-state index in [4.69, 9.17) is 9.47 Å². The number of aromatic nitrogens is 1. The molecule has 0 aliphatic rings. The maximum absolute atomic E-state index is 14.0. The zero-order valence-corrected chi connectivity index (χ0v) is 34.3. The van der Waals surface area contributed by atoms with Gasteiger partial charge in [0.2, 0.25) is 24.1 Å². The lowest BCUT2D eigenvalue weighted by Gasteiger charge is -2.38. The fourth-order valence-corrected chi connectivity index (χ4v) is 6.41. The Morgan fingerprint density at radius 1 is 0.929 bits per heavy atom. The third kappa shape index (κ3) is 11.8. The van der Waals surface area contributed by atoms with Crippen molar-refractivity contribution >= 4 is 52.7 Å². The summed E-state index contributed by atoms with van der Waals surface area (Å²) < 4.78 is 12.5. The Bertz CT molecular complexity index is 1890. The van der Waals surface area contributed by atoms with E-state index in [1.165, 1.54) is 4.90 Å². The van der Waals surface area contributed by atoms with Crippen molar-refractivity contribution in [3.05, 3.63) is 77.5 Å². The Morgan fingerprint density at radius 2 is 1.59 bits per heavy atom. The minimum Gasteiger partial charge on any atom is -0.464 e. The number of ether oxygens (including phenoxy) is 2. The fourth-order valence-electron chi connectivity index (χ4n) is 6.41. The molecule has 0 aliphatic carbocycles. The monoisotopic (exact) mass is 774 g/mol. The van der Waals surface area contributed by atoms with Gasteiger partial charge in [-0.2, -0.15) is 0 Å². The van der Waals surface area contributed by atoms with Crippen LogP contribution in [0.25, 0.3) is 10.9 Å². The second-order valence-electron chi connectivity index (χ2n) is 15.5. The third-order valence-electron chi connectivity index (χ3n) is 9.76. The molecule has 3 atom stereocenters. The minimum absolute atomic E-state index is 0.0103. The van der Waals surface area contributed by atoms with Crippen molar-refractivity contribution in [3.63, 3.8) is 0 Å². The molecule has 0 spiro atoms. The maximum atomic E-state index is 14.0. The van der Waals surface area contributed by atoms with Gasteiger partial charge in [0, 0.05) is 60.8 Å². The van der Waals surface area contributed by atoms with Crippen molar-refractivity contribution in [1.29, 1.82) is 0 Å². The van der Waals surface area contributed by atoms with Crippen molar-refractivity contribution < 1.29 is 38.2 Å². The largest absolute Gasteiger partial charge is 0.464 e. The molecule has 1 aromatic heterocycles. The Kier molecular flexibility index (Phi) is 16.0. The number of hydrogen-bond donors (Lipinski definition) is 4. The molecule has 14 nitrogen and oxygen atoms in total. The van der Waals surface area contributed by atoms with Crippen LogP contribution in [0, 0.1) is 5.41 Å². The minimum atomic E-state index is -1.12. The normalized spacial score (nSPS) is 13.6. The van der Waals surface area contributed by atoms with Crippen LogP contribution < -0.4 is 21.3 Å². The number of nitrogens with zero attached hydrogens (tertiary/aromatic N) is 2. The summed E-state index contributed by atoms with van der Waals surface area (Å²) in [5.41, 5.74) is 2.26. The molecule has 0 aliphatic heterocycles. The first-order valence-electron chi connectivity index (χ1n) is 18.7. The van der Waals surface area contributed by atoms with E-state index in [0.717, 1.165) is 16.5 Å². The number of amides is 4. The number of aryl methyl sites for hydroxylation is 1. The van der Waals surface area contributed by atoms with Gasteiger partial charge in [-0.25, -0.2) is 4.79 Å². The topological polar surface area (TPSA) is 177 Å². The van der Waals surface area contributed by atoms with Crippen LogP contribution in [-0.2, 0) is 57.3 Å². The van der Waals surface area contributed by atoms with Crippen LogP contribution >= 0.6 is 0 Å². The number of esters is 2. The number of rotatable bonds is 19. The number of carbonyl (C=O) groups is 6. The average Bonchev–Trinajstić information content (AvgIpc) is 3.50. The van der Waals surface area contributed by atoms with Crippen LogP contribution in [0.2, 0.25) is 0 Å². The van der Waals surface area contributed by atoms with E-state index in [1.807, 2.05) is 76.7 Å². The highest BCUT2D eigenvalue weighted by molar-refractivity contribution is 5.96. The smallest absolute Gasteiger partial charge is 0.328 e. The van der Waals surface area contributed by atoms with Crippen molar-refractivity contribution in [2.24, 2.45) is 12.5 Å². The van der Waals surface area contributed by atoms with Crippen molar-refractivity contribution in [2.75, 3.05) is 32.6 Å². The van der Waals surface area contributed by atoms with Crippen molar-refractivity contribution in [2.45, 2.75) is 91.5 Å². The predicted molar refractivity (Wildman–Crippen MR) is 215 cm³/mol. The summed E-state index contributed by atoms with van der Waals surface area (Å²) in [5, 5.41) is 12.4. The SMILES string of the molecule is CCOC(=O)C(CCC(=O)OCc1ccc(NC=O)cc1)NC(=O)/C(C)=C/CN(C)C(=O)C(NC(=O)C(NC)C(C)(C)c1cn(C)c2ccccc12)C(C)(C)C. The van der Waals surface area contributed by atoms with Gasteiger partial charge in [0.25, 0.3) is 0 Å². The van der Waals surface area contributed by atoms with Gasteiger partial charge in [0.05, 0.1) is 12.6 Å². The number of nitrogens with one attached hydrogen (secondary N) is 4. The molecule has 56 heavy (non-hydrogen) atoms. The predicted octanol–water partition coefficient (Wildman–Crippen LogP) is 4.12. The molecule has 2 aromatic carbocycles. The summed E-state index contributed by atoms with van der Waals surface area (Å²) >= 11 is 0. The van der Waals surface area contributed by atoms with E-state index in [2.05, 4.69) is 21.3 Å². The summed E-state index contributed by atoms with van der Waals surface area (Å²) in [4.78, 5) is 78.4.